The molecule has 98 heavy (non-hydrogen) atoms. The molecular weight excluding hydrogens is 1300 g/mol. The van der Waals surface area contributed by atoms with E-state index in [1.807, 2.05) is 48.5 Å². The summed E-state index contributed by atoms with van der Waals surface area (Å²) in [6.07, 6.45) is 11.2. The molecule has 0 atom stereocenters. The number of ether oxygens (including phenoxy) is 17. The molecule has 0 aliphatic heterocycles. The van der Waals surface area contributed by atoms with E-state index >= 15 is 0 Å². The van der Waals surface area contributed by atoms with E-state index in [0.29, 0.717) is 229 Å². The predicted octanol–water partition coefficient (Wildman–Crippen LogP) is 6.01. The van der Waals surface area contributed by atoms with E-state index in [9.17, 15) is 13.0 Å². The summed E-state index contributed by atoms with van der Waals surface area (Å²) >= 11 is 0. The standard InChI is InChI=1S/C71H122N2O24S/c1-2-3-4-5-6-7-8-9-10-13-32-97-71(69-14-11-12-15-70(69)98(78,79)80,65-16-20-67(21-17-65)72(24-33-81-41-49-89-57-61-93-53-45-85-37-28-74)25-34-82-42-50-90-58-62-94-54-46-86-38-29-75)66-18-22-68(23-19-66)73(26-35-83-43-51-91-59-63-95-55-47-87-39-30-76)27-36-84-44-52-92-60-64-96-56-48-88-40-31-77/h11-12,14-23,74-77H,2-10,13,24-64H2,1H3,(H,78,79,80). The van der Waals surface area contributed by atoms with Crippen LogP contribution >= 0.6 is 0 Å². The maximum absolute atomic E-state index is 13.6. The van der Waals surface area contributed by atoms with E-state index < -0.39 is 15.7 Å². The van der Waals surface area contributed by atoms with Gasteiger partial charge in [0.25, 0.3) is 10.1 Å². The first kappa shape index (κ1) is 88.5. The largest absolute Gasteiger partial charge is 0.394 e. The molecule has 26 nitrogen and oxygen atoms in total. The number of unbranched alkanes of at least 4 members (excludes halogenated alkanes) is 9. The molecule has 3 aromatic rings. The summed E-state index contributed by atoms with van der Waals surface area (Å²) in [6.45, 7) is 16.3. The molecular formula is C71H122N2O24S. The molecule has 0 radical (unpaired) electrons. The molecule has 0 aromatic heterocycles. The number of rotatable bonds is 74. The second kappa shape index (κ2) is 63.1. The predicted molar refractivity (Wildman–Crippen MR) is 373 cm³/mol. The SMILES string of the molecule is CCCCCCCCCCCCOC(c1ccc(N(CCOCCOCCOCCOCCO)CCOCCOCCOCCOCCO)cc1)(c1ccc(N(CCOCCOCCOCCOCCO)CCOCCOCCOCCOCCO)cc1)c1ccccc1S(=O)(=O)O. The zero-order valence-electron chi connectivity index (χ0n) is 58.8. The first-order valence-electron chi connectivity index (χ1n) is 35.4. The highest BCUT2D eigenvalue weighted by atomic mass is 32.2. The Morgan fingerprint density at radius 3 is 0.816 bits per heavy atom. The third-order valence-corrected chi connectivity index (χ3v) is 16.0. The van der Waals surface area contributed by atoms with Gasteiger partial charge in [-0.1, -0.05) is 107 Å². The maximum Gasteiger partial charge on any atom is 0.294 e. The lowest BCUT2D eigenvalue weighted by atomic mass is 9.79. The van der Waals surface area contributed by atoms with Gasteiger partial charge in [-0.15, -0.1) is 0 Å². The van der Waals surface area contributed by atoms with Gasteiger partial charge in [-0.3, -0.25) is 4.55 Å². The van der Waals surface area contributed by atoms with Gasteiger partial charge in [0, 0.05) is 49.7 Å². The third kappa shape index (κ3) is 43.3. The van der Waals surface area contributed by atoms with Crippen LogP contribution in [-0.4, -0.2) is 304 Å². The highest BCUT2D eigenvalue weighted by Crippen LogP contribution is 2.44. The van der Waals surface area contributed by atoms with Crippen LogP contribution < -0.4 is 9.80 Å². The summed E-state index contributed by atoms with van der Waals surface area (Å²) in [4.78, 5) is 4.05. The Morgan fingerprint density at radius 1 is 0.306 bits per heavy atom. The zero-order valence-corrected chi connectivity index (χ0v) is 59.6. The van der Waals surface area contributed by atoms with Crippen LogP contribution in [0.1, 0.15) is 87.8 Å². The molecule has 0 spiro atoms. The minimum atomic E-state index is -4.80. The van der Waals surface area contributed by atoms with E-state index in [2.05, 4.69) is 16.7 Å². The second-order valence-corrected chi connectivity index (χ2v) is 23.8. The van der Waals surface area contributed by atoms with Crippen molar-refractivity contribution in [2.24, 2.45) is 0 Å². The topological polar surface area (TPSA) is 299 Å². The van der Waals surface area contributed by atoms with Gasteiger partial charge in [0.05, 0.1) is 238 Å². The van der Waals surface area contributed by atoms with E-state index in [1.165, 1.54) is 44.6 Å². The lowest BCUT2D eigenvalue weighted by Gasteiger charge is -2.37. The Balaban J connectivity index is 1.96. The van der Waals surface area contributed by atoms with Gasteiger partial charge in [0.1, 0.15) is 10.5 Å². The van der Waals surface area contributed by atoms with Crippen LogP contribution in [-0.2, 0) is 96.2 Å². The smallest absolute Gasteiger partial charge is 0.294 e. The summed E-state index contributed by atoms with van der Waals surface area (Å²) in [5.74, 6) is 0. The number of anilines is 2. The first-order valence-corrected chi connectivity index (χ1v) is 36.8. The van der Waals surface area contributed by atoms with Crippen molar-refractivity contribution < 1.29 is 114 Å². The van der Waals surface area contributed by atoms with Crippen molar-refractivity contribution >= 4 is 21.5 Å². The summed E-state index contributed by atoms with van der Waals surface area (Å²) in [6, 6.07) is 22.3. The fourth-order valence-corrected chi connectivity index (χ4v) is 10.8. The minimum absolute atomic E-state index is 0.0345. The lowest BCUT2D eigenvalue weighted by molar-refractivity contribution is -0.00592. The summed E-state index contributed by atoms with van der Waals surface area (Å²) < 4.78 is 136. The highest BCUT2D eigenvalue weighted by molar-refractivity contribution is 7.85. The summed E-state index contributed by atoms with van der Waals surface area (Å²) in [5, 5.41) is 35.6. The lowest BCUT2D eigenvalue weighted by Crippen LogP contribution is -2.36. The molecule has 0 fully saturated rings. The van der Waals surface area contributed by atoms with Crippen molar-refractivity contribution in [3.63, 3.8) is 0 Å². The van der Waals surface area contributed by atoms with Crippen LogP contribution in [0.5, 0.6) is 0 Å². The van der Waals surface area contributed by atoms with Crippen LogP contribution in [0.25, 0.3) is 0 Å². The average Bonchev–Trinajstić information content (AvgIpc) is 0.739. The molecule has 0 aliphatic carbocycles. The molecule has 3 aromatic carbocycles. The van der Waals surface area contributed by atoms with Crippen LogP contribution in [0.4, 0.5) is 11.4 Å². The van der Waals surface area contributed by atoms with E-state index in [0.717, 1.165) is 30.6 Å². The molecule has 0 aliphatic rings. The van der Waals surface area contributed by atoms with Gasteiger partial charge in [-0.2, -0.15) is 8.42 Å². The second-order valence-electron chi connectivity index (χ2n) is 22.4. The zero-order chi connectivity index (χ0) is 70.2. The number of hydrogen-bond donors (Lipinski definition) is 5. The molecule has 0 amide bonds. The van der Waals surface area contributed by atoms with Gasteiger partial charge in [0.15, 0.2) is 0 Å². The quantitative estimate of drug-likeness (QED) is 0.0245. The Bertz CT molecular complexity index is 2170. The Hall–Kier alpha value is -3.67. The van der Waals surface area contributed by atoms with E-state index in [1.54, 1.807) is 18.2 Å². The fourth-order valence-electron chi connectivity index (χ4n) is 10.1. The van der Waals surface area contributed by atoms with Gasteiger partial charge < -0.3 is 111 Å². The maximum atomic E-state index is 13.6. The minimum Gasteiger partial charge on any atom is -0.394 e. The number of nitrogens with zero attached hydrogens (tertiary/aromatic N) is 2. The molecule has 3 rings (SSSR count). The molecule has 0 unspecified atom stereocenters. The number of benzene rings is 3. The molecule has 0 saturated heterocycles. The molecule has 27 heteroatoms. The molecule has 5 N–H and O–H groups in total. The van der Waals surface area contributed by atoms with Crippen LogP contribution in [0.2, 0.25) is 0 Å². The summed E-state index contributed by atoms with van der Waals surface area (Å²) in [5.41, 5.74) is 1.70. The normalized spacial score (nSPS) is 12.0. The molecule has 0 bridgehead atoms. The number of hydrogen-bond acceptors (Lipinski definition) is 25. The van der Waals surface area contributed by atoms with Crippen molar-refractivity contribution in [3.8, 4) is 0 Å². The first-order chi connectivity index (χ1) is 48.3. The van der Waals surface area contributed by atoms with E-state index in [4.69, 9.17) is 101 Å². The van der Waals surface area contributed by atoms with Crippen molar-refractivity contribution in [1.29, 1.82) is 0 Å². The Labute approximate surface area is 584 Å². The highest BCUT2D eigenvalue weighted by Gasteiger charge is 2.41. The molecule has 0 saturated carbocycles. The van der Waals surface area contributed by atoms with Crippen LogP contribution in [0.3, 0.4) is 0 Å². The summed E-state index contributed by atoms with van der Waals surface area (Å²) in [7, 11) is -4.80. The van der Waals surface area contributed by atoms with Gasteiger partial charge in [-0.25, -0.2) is 0 Å². The van der Waals surface area contributed by atoms with E-state index in [-0.39, 0.29) is 69.9 Å². The molecule has 566 valence electrons. The van der Waals surface area contributed by atoms with Crippen molar-refractivity contribution in [2.75, 3.05) is 280 Å². The van der Waals surface area contributed by atoms with Crippen molar-refractivity contribution in [3.05, 3.63) is 89.5 Å². The monoisotopic (exact) mass is 1420 g/mol. The van der Waals surface area contributed by atoms with Crippen molar-refractivity contribution in [1.82, 2.24) is 0 Å². The van der Waals surface area contributed by atoms with Gasteiger partial charge in [0.2, 0.25) is 0 Å². The van der Waals surface area contributed by atoms with Crippen molar-refractivity contribution in [2.45, 2.75) is 81.6 Å². The number of aliphatic hydroxyl groups is 4. The third-order valence-electron chi connectivity index (χ3n) is 15.1. The Morgan fingerprint density at radius 2 is 0.551 bits per heavy atom. The van der Waals surface area contributed by atoms with Crippen LogP contribution in [0, 0.1) is 0 Å². The number of aliphatic hydroxyl groups excluding tert-OH is 4. The average molecular weight is 1420 g/mol. The molecule has 0 heterocycles. The van der Waals surface area contributed by atoms with Gasteiger partial charge >= 0.3 is 0 Å². The Kier molecular flexibility index (Phi) is 57.0. The van der Waals surface area contributed by atoms with Gasteiger partial charge in [-0.05, 0) is 47.9 Å². The fraction of sp³-hybridized carbons (Fsp3) is 0.746. The van der Waals surface area contributed by atoms with Crippen LogP contribution in [0.15, 0.2) is 77.7 Å².